The first-order valence-electron chi connectivity index (χ1n) is 5.94. The minimum absolute atomic E-state index is 0.538. The van der Waals surface area contributed by atoms with Crippen LogP contribution in [0.4, 0.5) is 0 Å². The molecule has 0 saturated heterocycles. The summed E-state index contributed by atoms with van der Waals surface area (Å²) in [4.78, 5) is 0. The highest BCUT2D eigenvalue weighted by atomic mass is 31.2. The van der Waals surface area contributed by atoms with Gasteiger partial charge in [0.05, 0.1) is 52.9 Å². The quantitative estimate of drug-likeness (QED) is 0.354. The average molecular weight is 284 g/mol. The molecular formula is C11H25O6P. The standard InChI is InChI=1S/C11H25O6P/c1-12-4-6-14-8-10-16-18(3)17-11-9-15-7-5-13-2/h4-11H2,1-3H3. The van der Waals surface area contributed by atoms with E-state index in [1.165, 1.54) is 0 Å². The van der Waals surface area contributed by atoms with Crippen molar-refractivity contribution in [2.45, 2.75) is 0 Å². The first-order chi connectivity index (χ1) is 8.81. The average Bonchev–Trinajstić information content (AvgIpc) is 2.38. The summed E-state index contributed by atoms with van der Waals surface area (Å²) >= 11 is 0. The van der Waals surface area contributed by atoms with Crippen LogP contribution in [0.3, 0.4) is 0 Å². The van der Waals surface area contributed by atoms with Crippen LogP contribution < -0.4 is 0 Å². The van der Waals surface area contributed by atoms with Crippen molar-refractivity contribution in [3.8, 4) is 0 Å². The molecule has 0 aromatic rings. The fourth-order valence-corrected chi connectivity index (χ4v) is 1.71. The molecule has 0 atom stereocenters. The first kappa shape index (κ1) is 18.2. The van der Waals surface area contributed by atoms with Gasteiger partial charge in [0.1, 0.15) is 0 Å². The Morgan fingerprint density at radius 1 is 0.611 bits per heavy atom. The van der Waals surface area contributed by atoms with Crippen LogP contribution in [-0.2, 0) is 28.0 Å². The van der Waals surface area contributed by atoms with Gasteiger partial charge in [-0.1, -0.05) is 0 Å². The highest BCUT2D eigenvalue weighted by Crippen LogP contribution is 2.32. The maximum atomic E-state index is 5.45. The maximum absolute atomic E-state index is 5.45. The summed E-state index contributed by atoms with van der Waals surface area (Å²) < 4.78 is 31.1. The summed E-state index contributed by atoms with van der Waals surface area (Å²) in [5.74, 6) is 0. The molecule has 0 N–H and O–H groups in total. The third-order valence-electron chi connectivity index (χ3n) is 1.87. The Morgan fingerprint density at radius 3 is 1.39 bits per heavy atom. The molecular weight excluding hydrogens is 259 g/mol. The Labute approximate surface area is 111 Å². The number of rotatable bonds is 14. The van der Waals surface area contributed by atoms with E-state index in [1.807, 2.05) is 6.66 Å². The largest absolute Gasteiger partial charge is 0.382 e. The summed E-state index contributed by atoms with van der Waals surface area (Å²) in [7, 11) is 2.44. The van der Waals surface area contributed by atoms with Crippen molar-refractivity contribution in [2.75, 3.05) is 73.7 Å². The van der Waals surface area contributed by atoms with Gasteiger partial charge < -0.3 is 28.0 Å². The number of methoxy groups -OCH3 is 2. The van der Waals surface area contributed by atoms with Gasteiger partial charge in [0.2, 0.25) is 0 Å². The molecule has 110 valence electrons. The Morgan fingerprint density at radius 2 is 1.00 bits per heavy atom. The van der Waals surface area contributed by atoms with Crippen molar-refractivity contribution in [1.29, 1.82) is 0 Å². The lowest BCUT2D eigenvalue weighted by Gasteiger charge is -2.13. The second kappa shape index (κ2) is 15.2. The first-order valence-corrected chi connectivity index (χ1v) is 7.56. The zero-order valence-electron chi connectivity index (χ0n) is 11.6. The molecule has 0 aliphatic carbocycles. The van der Waals surface area contributed by atoms with Crippen LogP contribution >= 0.6 is 8.38 Å². The predicted octanol–water partition coefficient (Wildman–Crippen LogP) is 1.29. The van der Waals surface area contributed by atoms with E-state index in [0.717, 1.165) is 0 Å². The van der Waals surface area contributed by atoms with E-state index < -0.39 is 8.38 Å². The Hall–Kier alpha value is 0.190. The fraction of sp³-hybridized carbons (Fsp3) is 1.00. The normalized spacial score (nSPS) is 11.3. The van der Waals surface area contributed by atoms with Gasteiger partial charge in [-0.3, -0.25) is 0 Å². The minimum Gasteiger partial charge on any atom is -0.382 e. The van der Waals surface area contributed by atoms with E-state index in [4.69, 9.17) is 28.0 Å². The smallest absolute Gasteiger partial charge is 0.167 e. The molecule has 0 unspecified atom stereocenters. The van der Waals surface area contributed by atoms with Crippen molar-refractivity contribution in [1.82, 2.24) is 0 Å². The van der Waals surface area contributed by atoms with E-state index in [-0.39, 0.29) is 0 Å². The van der Waals surface area contributed by atoms with Crippen molar-refractivity contribution >= 4 is 8.38 Å². The molecule has 0 amide bonds. The second-order valence-corrected chi connectivity index (χ2v) is 4.71. The molecule has 0 saturated carbocycles. The van der Waals surface area contributed by atoms with Gasteiger partial charge in [0.25, 0.3) is 0 Å². The molecule has 0 aromatic carbocycles. The highest BCUT2D eigenvalue weighted by molar-refractivity contribution is 7.46. The van der Waals surface area contributed by atoms with Gasteiger partial charge in [0, 0.05) is 20.9 Å². The monoisotopic (exact) mass is 284 g/mol. The summed E-state index contributed by atoms with van der Waals surface area (Å²) in [6.45, 7) is 6.51. The molecule has 0 spiro atoms. The molecule has 0 radical (unpaired) electrons. The van der Waals surface area contributed by atoms with E-state index in [1.54, 1.807) is 14.2 Å². The van der Waals surface area contributed by atoms with E-state index in [9.17, 15) is 0 Å². The highest BCUT2D eigenvalue weighted by Gasteiger charge is 2.02. The van der Waals surface area contributed by atoms with Crippen molar-refractivity contribution in [3.63, 3.8) is 0 Å². The molecule has 0 fully saturated rings. The molecule has 0 rings (SSSR count). The van der Waals surface area contributed by atoms with Gasteiger partial charge in [0.15, 0.2) is 8.38 Å². The molecule has 0 aliphatic rings. The van der Waals surface area contributed by atoms with Gasteiger partial charge in [-0.2, -0.15) is 0 Å². The Balaban J connectivity index is 3.10. The predicted molar refractivity (Wildman–Crippen MR) is 70.1 cm³/mol. The fourth-order valence-electron chi connectivity index (χ4n) is 0.975. The van der Waals surface area contributed by atoms with Crippen LogP contribution in [0.25, 0.3) is 0 Å². The lowest BCUT2D eigenvalue weighted by Crippen LogP contribution is -2.09. The van der Waals surface area contributed by atoms with Gasteiger partial charge in [-0.05, 0) is 0 Å². The SMILES string of the molecule is COCCOCCOP(C)OCCOCCOC. The summed E-state index contributed by atoms with van der Waals surface area (Å²) in [6.07, 6.45) is 0. The summed E-state index contributed by atoms with van der Waals surface area (Å²) in [6, 6.07) is 0. The number of hydrogen-bond acceptors (Lipinski definition) is 6. The number of ether oxygens (including phenoxy) is 4. The summed E-state index contributed by atoms with van der Waals surface area (Å²) in [5, 5.41) is 0. The lowest BCUT2D eigenvalue weighted by molar-refractivity contribution is 0.0459. The lowest BCUT2D eigenvalue weighted by atomic mass is 10.7. The third-order valence-corrected chi connectivity index (χ3v) is 2.96. The molecule has 18 heavy (non-hydrogen) atoms. The maximum Gasteiger partial charge on any atom is 0.167 e. The van der Waals surface area contributed by atoms with Crippen molar-refractivity contribution in [2.24, 2.45) is 0 Å². The molecule has 0 bridgehead atoms. The van der Waals surface area contributed by atoms with Crippen molar-refractivity contribution in [3.05, 3.63) is 0 Å². The minimum atomic E-state index is -0.852. The molecule has 0 heterocycles. The van der Waals surface area contributed by atoms with Gasteiger partial charge >= 0.3 is 0 Å². The zero-order valence-corrected chi connectivity index (χ0v) is 12.4. The van der Waals surface area contributed by atoms with E-state index >= 15 is 0 Å². The van der Waals surface area contributed by atoms with Crippen LogP contribution in [0.1, 0.15) is 0 Å². The Bertz CT molecular complexity index is 144. The molecule has 7 heteroatoms. The second-order valence-electron chi connectivity index (χ2n) is 3.32. The zero-order chi connectivity index (χ0) is 13.5. The molecule has 0 aromatic heterocycles. The van der Waals surface area contributed by atoms with Crippen LogP contribution in [0, 0.1) is 0 Å². The number of hydrogen-bond donors (Lipinski definition) is 0. The summed E-state index contributed by atoms with van der Waals surface area (Å²) in [5.41, 5.74) is 0. The third kappa shape index (κ3) is 14.3. The van der Waals surface area contributed by atoms with E-state index in [0.29, 0.717) is 52.9 Å². The Kier molecular flexibility index (Phi) is 15.4. The van der Waals surface area contributed by atoms with E-state index in [2.05, 4.69) is 0 Å². The van der Waals surface area contributed by atoms with Crippen LogP contribution in [-0.4, -0.2) is 73.7 Å². The topological polar surface area (TPSA) is 55.4 Å². The van der Waals surface area contributed by atoms with Crippen molar-refractivity contribution < 1.29 is 28.0 Å². The van der Waals surface area contributed by atoms with Gasteiger partial charge in [-0.15, -0.1) is 0 Å². The van der Waals surface area contributed by atoms with Crippen LogP contribution in [0.2, 0.25) is 0 Å². The molecule has 0 aliphatic heterocycles. The molecule has 6 nitrogen and oxygen atoms in total. The van der Waals surface area contributed by atoms with Crippen LogP contribution in [0.15, 0.2) is 0 Å². The van der Waals surface area contributed by atoms with Crippen LogP contribution in [0.5, 0.6) is 0 Å². The van der Waals surface area contributed by atoms with Gasteiger partial charge in [-0.25, -0.2) is 0 Å².